The van der Waals surface area contributed by atoms with Gasteiger partial charge in [-0.1, -0.05) is 37.0 Å². The van der Waals surface area contributed by atoms with E-state index in [1.807, 2.05) is 0 Å². The number of hydrogen-bond acceptors (Lipinski definition) is 5. The smallest absolute Gasteiger partial charge is 0.312 e. The van der Waals surface area contributed by atoms with Crippen LogP contribution in [0.3, 0.4) is 0 Å². The molecule has 1 rings (SSSR count). The third kappa shape index (κ3) is 6.05. The van der Waals surface area contributed by atoms with Crippen molar-refractivity contribution in [2.45, 2.75) is 20.0 Å². The van der Waals surface area contributed by atoms with Crippen LogP contribution >= 0.6 is 23.2 Å². The molecular formula is C13H18Cl2N2O4. The van der Waals surface area contributed by atoms with Gasteiger partial charge in [-0.2, -0.15) is 0 Å². The molecule has 6 nitrogen and oxygen atoms in total. The summed E-state index contributed by atoms with van der Waals surface area (Å²) >= 11 is 11.6. The molecule has 21 heavy (non-hydrogen) atoms. The minimum Gasteiger partial charge on any atom is -0.484 e. The van der Waals surface area contributed by atoms with Crippen molar-refractivity contribution in [1.29, 1.82) is 0 Å². The first-order valence-corrected chi connectivity index (χ1v) is 7.21. The van der Waals surface area contributed by atoms with Crippen molar-refractivity contribution in [2.75, 3.05) is 19.7 Å². The molecule has 0 radical (unpaired) electrons. The highest BCUT2D eigenvalue weighted by molar-refractivity contribution is 6.42. The molecular weight excluding hydrogens is 319 g/mol. The van der Waals surface area contributed by atoms with E-state index in [0.29, 0.717) is 12.5 Å². The van der Waals surface area contributed by atoms with Crippen LogP contribution in [0.4, 0.5) is 5.69 Å². The number of nitrogens with zero attached hydrogens (tertiary/aromatic N) is 1. The van der Waals surface area contributed by atoms with Crippen molar-refractivity contribution in [2.24, 2.45) is 5.92 Å². The van der Waals surface area contributed by atoms with Crippen LogP contribution in [-0.2, 0) is 0 Å². The van der Waals surface area contributed by atoms with Gasteiger partial charge in [0.05, 0.1) is 15.0 Å². The number of aliphatic hydroxyl groups excluding tert-OH is 1. The van der Waals surface area contributed by atoms with E-state index in [1.54, 1.807) is 0 Å². The predicted octanol–water partition coefficient (Wildman–Crippen LogP) is 2.89. The summed E-state index contributed by atoms with van der Waals surface area (Å²) in [6.07, 6.45) is -0.780. The van der Waals surface area contributed by atoms with Gasteiger partial charge in [0.2, 0.25) is 0 Å². The van der Waals surface area contributed by atoms with Gasteiger partial charge in [-0.15, -0.1) is 0 Å². The van der Waals surface area contributed by atoms with Gasteiger partial charge in [-0.25, -0.2) is 0 Å². The van der Waals surface area contributed by atoms with Crippen molar-refractivity contribution in [1.82, 2.24) is 5.32 Å². The first kappa shape index (κ1) is 18.0. The van der Waals surface area contributed by atoms with E-state index in [1.165, 1.54) is 6.07 Å². The lowest BCUT2D eigenvalue weighted by Crippen LogP contribution is -2.33. The number of ether oxygens (including phenoxy) is 1. The molecule has 0 amide bonds. The van der Waals surface area contributed by atoms with Crippen LogP contribution in [0.15, 0.2) is 12.1 Å². The zero-order chi connectivity index (χ0) is 16.0. The first-order valence-electron chi connectivity index (χ1n) is 6.46. The summed E-state index contributed by atoms with van der Waals surface area (Å²) in [6, 6.07) is 2.40. The minimum absolute atomic E-state index is 0.0164. The van der Waals surface area contributed by atoms with Crippen molar-refractivity contribution in [3.63, 3.8) is 0 Å². The number of aliphatic hydroxyl groups is 1. The summed E-state index contributed by atoms with van der Waals surface area (Å²) in [6.45, 7) is 5.13. The maximum absolute atomic E-state index is 10.9. The fraction of sp³-hybridized carbons (Fsp3) is 0.538. The molecule has 8 heteroatoms. The Morgan fingerprint density at radius 2 is 1.95 bits per heavy atom. The molecule has 0 saturated heterocycles. The fourth-order valence-electron chi connectivity index (χ4n) is 1.56. The van der Waals surface area contributed by atoms with Crippen LogP contribution in [0.25, 0.3) is 0 Å². The normalized spacial score (nSPS) is 12.5. The van der Waals surface area contributed by atoms with Crippen LogP contribution in [0, 0.1) is 16.0 Å². The van der Waals surface area contributed by atoms with Gasteiger partial charge in [0.1, 0.15) is 12.7 Å². The van der Waals surface area contributed by atoms with E-state index in [2.05, 4.69) is 19.2 Å². The van der Waals surface area contributed by atoms with E-state index in [9.17, 15) is 15.2 Å². The summed E-state index contributed by atoms with van der Waals surface area (Å²) < 4.78 is 5.28. The summed E-state index contributed by atoms with van der Waals surface area (Å²) in [5.41, 5.74) is -0.285. The van der Waals surface area contributed by atoms with Crippen molar-refractivity contribution >= 4 is 28.9 Å². The van der Waals surface area contributed by atoms with Gasteiger partial charge < -0.3 is 15.2 Å². The predicted molar refractivity (Wildman–Crippen MR) is 82.3 cm³/mol. The maximum atomic E-state index is 10.9. The van der Waals surface area contributed by atoms with Crippen molar-refractivity contribution in [3.8, 4) is 5.75 Å². The second-order valence-corrected chi connectivity index (χ2v) is 5.82. The molecule has 1 aromatic carbocycles. The molecule has 0 aliphatic heterocycles. The topological polar surface area (TPSA) is 84.6 Å². The van der Waals surface area contributed by atoms with Gasteiger partial charge in [-0.05, 0) is 12.5 Å². The Kier molecular flexibility index (Phi) is 7.17. The summed E-state index contributed by atoms with van der Waals surface area (Å²) in [5, 5.41) is 24.0. The number of benzene rings is 1. The maximum Gasteiger partial charge on any atom is 0.312 e. The van der Waals surface area contributed by atoms with Gasteiger partial charge in [0.15, 0.2) is 5.75 Å². The third-order valence-electron chi connectivity index (χ3n) is 2.56. The van der Waals surface area contributed by atoms with Crippen LogP contribution in [0.2, 0.25) is 10.0 Å². The molecule has 1 atom stereocenters. The standard InChI is InChI=1S/C13H18Cl2N2O4/c1-8(2)5-16-6-9(18)7-21-13-4-11(15)10(14)3-12(13)17(19)20/h3-4,8-9,16,18H,5-7H2,1-2H3. The number of halogens is 2. The first-order chi connectivity index (χ1) is 9.81. The quantitative estimate of drug-likeness (QED) is 0.563. The van der Waals surface area contributed by atoms with Gasteiger partial charge >= 0.3 is 5.69 Å². The lowest BCUT2D eigenvalue weighted by Gasteiger charge is -2.14. The molecule has 0 aliphatic rings. The van der Waals surface area contributed by atoms with Gasteiger partial charge in [0.25, 0.3) is 0 Å². The average Bonchev–Trinajstić information content (AvgIpc) is 2.39. The Morgan fingerprint density at radius 3 is 2.52 bits per heavy atom. The molecule has 118 valence electrons. The van der Waals surface area contributed by atoms with Crippen LogP contribution < -0.4 is 10.1 Å². The number of rotatable bonds is 8. The minimum atomic E-state index is -0.780. The summed E-state index contributed by atoms with van der Waals surface area (Å²) in [4.78, 5) is 10.3. The molecule has 2 N–H and O–H groups in total. The highest BCUT2D eigenvalue weighted by Crippen LogP contribution is 2.35. The summed E-state index contributed by atoms with van der Waals surface area (Å²) in [5.74, 6) is 0.451. The Labute approximate surface area is 133 Å². The van der Waals surface area contributed by atoms with Crippen LogP contribution in [0.1, 0.15) is 13.8 Å². The monoisotopic (exact) mass is 336 g/mol. The molecule has 0 aromatic heterocycles. The number of nitrogens with one attached hydrogen (secondary N) is 1. The molecule has 1 aromatic rings. The van der Waals surface area contributed by atoms with Crippen LogP contribution in [0.5, 0.6) is 5.75 Å². The molecule has 0 bridgehead atoms. The number of hydrogen-bond donors (Lipinski definition) is 2. The lowest BCUT2D eigenvalue weighted by atomic mass is 10.2. The highest BCUT2D eigenvalue weighted by atomic mass is 35.5. The average molecular weight is 337 g/mol. The van der Waals surface area contributed by atoms with Crippen LogP contribution in [-0.4, -0.2) is 35.8 Å². The van der Waals surface area contributed by atoms with Gasteiger partial charge in [-0.3, -0.25) is 10.1 Å². The Hall–Kier alpha value is -1.08. The Morgan fingerprint density at radius 1 is 1.33 bits per heavy atom. The molecule has 0 aliphatic carbocycles. The van der Waals surface area contributed by atoms with E-state index >= 15 is 0 Å². The molecule has 0 heterocycles. The number of nitro benzene ring substituents is 1. The Balaban J connectivity index is 2.62. The number of nitro groups is 1. The fourth-order valence-corrected chi connectivity index (χ4v) is 1.87. The van der Waals surface area contributed by atoms with E-state index in [4.69, 9.17) is 27.9 Å². The Bertz CT molecular complexity index is 497. The second-order valence-electron chi connectivity index (χ2n) is 5.01. The zero-order valence-electron chi connectivity index (χ0n) is 11.8. The van der Waals surface area contributed by atoms with E-state index in [-0.39, 0.29) is 28.1 Å². The van der Waals surface area contributed by atoms with Crippen molar-refractivity contribution in [3.05, 3.63) is 32.3 Å². The van der Waals surface area contributed by atoms with Crippen molar-refractivity contribution < 1.29 is 14.8 Å². The van der Waals surface area contributed by atoms with E-state index in [0.717, 1.165) is 12.6 Å². The molecule has 0 spiro atoms. The zero-order valence-corrected chi connectivity index (χ0v) is 13.3. The lowest BCUT2D eigenvalue weighted by molar-refractivity contribution is -0.385. The van der Waals surface area contributed by atoms with E-state index < -0.39 is 11.0 Å². The summed E-state index contributed by atoms with van der Waals surface area (Å²) in [7, 11) is 0. The molecule has 0 saturated carbocycles. The largest absolute Gasteiger partial charge is 0.484 e. The highest BCUT2D eigenvalue weighted by Gasteiger charge is 2.19. The molecule has 0 fully saturated rings. The SMILES string of the molecule is CC(C)CNCC(O)COc1cc(Cl)c(Cl)cc1[N+](=O)[O-]. The van der Waals surface area contributed by atoms with Gasteiger partial charge in [0, 0.05) is 18.7 Å². The third-order valence-corrected chi connectivity index (χ3v) is 3.28. The molecule has 1 unspecified atom stereocenters. The second kappa shape index (κ2) is 8.38.